The molecule has 0 aliphatic rings. The van der Waals surface area contributed by atoms with E-state index in [1.54, 1.807) is 36.8 Å². The number of imidazole rings is 1. The first-order valence-electron chi connectivity index (χ1n) is 10.2. The van der Waals surface area contributed by atoms with Gasteiger partial charge in [-0.05, 0) is 38.0 Å². The van der Waals surface area contributed by atoms with Crippen molar-refractivity contribution in [2.75, 3.05) is 13.1 Å². The molecule has 7 nitrogen and oxygen atoms in total. The van der Waals surface area contributed by atoms with Crippen molar-refractivity contribution in [3.05, 3.63) is 83.9 Å². The SMILES string of the molecule is Cc1ccc(CN(CC(=O)NCCCn2ccnc2)S(=O)(=O)c2ccc(C)cc2)cc1. The van der Waals surface area contributed by atoms with Crippen molar-refractivity contribution in [2.24, 2.45) is 0 Å². The summed E-state index contributed by atoms with van der Waals surface area (Å²) in [6.45, 7) is 4.95. The number of carbonyl (C=O) groups excluding carboxylic acids is 1. The Balaban J connectivity index is 1.69. The van der Waals surface area contributed by atoms with Gasteiger partial charge in [0.25, 0.3) is 0 Å². The number of carbonyl (C=O) groups is 1. The number of rotatable bonds is 10. The number of aromatic nitrogens is 2. The van der Waals surface area contributed by atoms with Gasteiger partial charge < -0.3 is 9.88 Å². The van der Waals surface area contributed by atoms with E-state index in [9.17, 15) is 13.2 Å². The second kappa shape index (κ2) is 10.4. The van der Waals surface area contributed by atoms with Crippen molar-refractivity contribution in [3.8, 4) is 0 Å². The molecule has 1 amide bonds. The van der Waals surface area contributed by atoms with Gasteiger partial charge in [0.1, 0.15) is 0 Å². The molecule has 3 rings (SSSR count). The zero-order valence-corrected chi connectivity index (χ0v) is 18.7. The molecule has 2 aromatic carbocycles. The zero-order valence-electron chi connectivity index (χ0n) is 17.9. The fourth-order valence-electron chi connectivity index (χ4n) is 3.11. The summed E-state index contributed by atoms with van der Waals surface area (Å²) in [5, 5.41) is 2.82. The summed E-state index contributed by atoms with van der Waals surface area (Å²) in [5.74, 6) is -0.326. The first-order chi connectivity index (χ1) is 14.8. The lowest BCUT2D eigenvalue weighted by atomic mass is 10.1. The van der Waals surface area contributed by atoms with E-state index < -0.39 is 10.0 Å². The Morgan fingerprint density at radius 3 is 2.29 bits per heavy atom. The van der Waals surface area contributed by atoms with Crippen LogP contribution in [0.25, 0.3) is 0 Å². The topological polar surface area (TPSA) is 84.3 Å². The second-order valence-corrected chi connectivity index (χ2v) is 9.51. The van der Waals surface area contributed by atoms with Crippen molar-refractivity contribution < 1.29 is 13.2 Å². The molecule has 0 aliphatic heterocycles. The van der Waals surface area contributed by atoms with Gasteiger partial charge >= 0.3 is 0 Å². The molecule has 0 radical (unpaired) electrons. The summed E-state index contributed by atoms with van der Waals surface area (Å²) in [6, 6.07) is 14.3. The fourth-order valence-corrected chi connectivity index (χ4v) is 4.49. The van der Waals surface area contributed by atoms with Gasteiger partial charge in [0.2, 0.25) is 15.9 Å². The molecule has 0 fully saturated rings. The van der Waals surface area contributed by atoms with Crippen LogP contribution in [-0.4, -0.2) is 41.3 Å². The average Bonchev–Trinajstić information content (AvgIpc) is 3.26. The minimum Gasteiger partial charge on any atom is -0.355 e. The number of benzene rings is 2. The van der Waals surface area contributed by atoms with Gasteiger partial charge in [0.15, 0.2) is 0 Å². The Labute approximate surface area is 183 Å². The van der Waals surface area contributed by atoms with Crippen LogP contribution < -0.4 is 5.32 Å². The number of hydrogen-bond acceptors (Lipinski definition) is 4. The van der Waals surface area contributed by atoms with Crippen LogP contribution in [0.3, 0.4) is 0 Å². The van der Waals surface area contributed by atoms with E-state index in [0.29, 0.717) is 6.54 Å². The maximum absolute atomic E-state index is 13.3. The standard InChI is InChI=1S/C23H28N4O3S/c1-19-4-8-21(9-5-19)16-27(31(29,30)22-10-6-20(2)7-11-22)17-23(28)25-12-3-14-26-15-13-24-18-26/h4-11,13,15,18H,3,12,14,16-17H2,1-2H3,(H,25,28). The van der Waals surface area contributed by atoms with E-state index in [2.05, 4.69) is 10.3 Å². The summed E-state index contributed by atoms with van der Waals surface area (Å²) >= 11 is 0. The Morgan fingerprint density at radius 2 is 1.68 bits per heavy atom. The normalized spacial score (nSPS) is 11.6. The summed E-state index contributed by atoms with van der Waals surface area (Å²) < 4.78 is 29.7. The Morgan fingerprint density at radius 1 is 1.03 bits per heavy atom. The molecule has 0 spiro atoms. The van der Waals surface area contributed by atoms with Crippen molar-refractivity contribution in [1.29, 1.82) is 0 Å². The molecular formula is C23H28N4O3S. The van der Waals surface area contributed by atoms with E-state index >= 15 is 0 Å². The molecule has 0 atom stereocenters. The zero-order chi connectivity index (χ0) is 22.3. The molecule has 0 saturated carbocycles. The minimum atomic E-state index is -3.83. The van der Waals surface area contributed by atoms with Gasteiger partial charge in [0, 0.05) is 32.0 Å². The van der Waals surface area contributed by atoms with E-state index in [4.69, 9.17) is 0 Å². The highest BCUT2D eigenvalue weighted by atomic mass is 32.2. The van der Waals surface area contributed by atoms with Crippen LogP contribution >= 0.6 is 0 Å². The van der Waals surface area contributed by atoms with Gasteiger partial charge in [-0.2, -0.15) is 4.31 Å². The first-order valence-corrected chi connectivity index (χ1v) is 11.6. The average molecular weight is 441 g/mol. The maximum Gasteiger partial charge on any atom is 0.243 e. The summed E-state index contributed by atoms with van der Waals surface area (Å²) in [7, 11) is -3.83. The van der Waals surface area contributed by atoms with Crippen LogP contribution in [0.15, 0.2) is 72.1 Å². The highest BCUT2D eigenvalue weighted by Gasteiger charge is 2.26. The highest BCUT2D eigenvalue weighted by molar-refractivity contribution is 7.89. The van der Waals surface area contributed by atoms with Gasteiger partial charge in [-0.1, -0.05) is 47.5 Å². The molecule has 0 aliphatic carbocycles. The van der Waals surface area contributed by atoms with Crippen molar-refractivity contribution in [2.45, 2.75) is 38.3 Å². The third kappa shape index (κ3) is 6.50. The number of nitrogens with zero attached hydrogens (tertiary/aromatic N) is 3. The van der Waals surface area contributed by atoms with Crippen LogP contribution in [0, 0.1) is 13.8 Å². The molecule has 31 heavy (non-hydrogen) atoms. The summed E-state index contributed by atoms with van der Waals surface area (Å²) in [4.78, 5) is 16.7. The number of amides is 1. The molecule has 1 heterocycles. The number of aryl methyl sites for hydroxylation is 3. The molecule has 1 aromatic heterocycles. The van der Waals surface area contributed by atoms with Crippen LogP contribution in [0.1, 0.15) is 23.1 Å². The number of hydrogen-bond donors (Lipinski definition) is 1. The van der Waals surface area contributed by atoms with Gasteiger partial charge in [-0.15, -0.1) is 0 Å². The lowest BCUT2D eigenvalue weighted by Crippen LogP contribution is -2.40. The fraction of sp³-hybridized carbons (Fsp3) is 0.304. The van der Waals surface area contributed by atoms with E-state index in [1.807, 2.05) is 48.9 Å². The first kappa shape index (κ1) is 22.7. The second-order valence-electron chi connectivity index (χ2n) is 7.58. The molecule has 8 heteroatoms. The number of nitrogens with one attached hydrogen (secondary N) is 1. The predicted molar refractivity (Wildman–Crippen MR) is 120 cm³/mol. The van der Waals surface area contributed by atoms with Crippen LogP contribution in [-0.2, 0) is 27.9 Å². The lowest BCUT2D eigenvalue weighted by Gasteiger charge is -2.22. The van der Waals surface area contributed by atoms with Crippen LogP contribution in [0.5, 0.6) is 0 Å². The monoisotopic (exact) mass is 440 g/mol. The smallest absolute Gasteiger partial charge is 0.243 e. The van der Waals surface area contributed by atoms with Crippen molar-refractivity contribution in [1.82, 2.24) is 19.2 Å². The van der Waals surface area contributed by atoms with E-state index in [0.717, 1.165) is 29.7 Å². The molecule has 3 aromatic rings. The summed E-state index contributed by atoms with van der Waals surface area (Å²) in [5.41, 5.74) is 2.89. The summed E-state index contributed by atoms with van der Waals surface area (Å²) in [6.07, 6.45) is 6.01. The third-order valence-corrected chi connectivity index (χ3v) is 6.74. The minimum absolute atomic E-state index is 0.124. The van der Waals surface area contributed by atoms with Gasteiger partial charge in [0.05, 0.1) is 17.8 Å². The van der Waals surface area contributed by atoms with Crippen LogP contribution in [0.4, 0.5) is 0 Å². The molecular weight excluding hydrogens is 412 g/mol. The van der Waals surface area contributed by atoms with Crippen molar-refractivity contribution in [3.63, 3.8) is 0 Å². The van der Waals surface area contributed by atoms with Gasteiger partial charge in [-0.3, -0.25) is 4.79 Å². The predicted octanol–water partition coefficient (Wildman–Crippen LogP) is 2.90. The quantitative estimate of drug-likeness (QED) is 0.491. The molecule has 0 unspecified atom stereocenters. The number of sulfonamides is 1. The molecule has 1 N–H and O–H groups in total. The van der Waals surface area contributed by atoms with E-state index in [1.165, 1.54) is 4.31 Å². The highest BCUT2D eigenvalue weighted by Crippen LogP contribution is 2.19. The third-order valence-electron chi connectivity index (χ3n) is 4.93. The molecule has 0 bridgehead atoms. The molecule has 164 valence electrons. The van der Waals surface area contributed by atoms with Gasteiger partial charge in [-0.25, -0.2) is 13.4 Å². The Kier molecular flexibility index (Phi) is 7.59. The van der Waals surface area contributed by atoms with Crippen molar-refractivity contribution >= 4 is 15.9 Å². The largest absolute Gasteiger partial charge is 0.355 e. The Hall–Kier alpha value is -2.97. The maximum atomic E-state index is 13.3. The van der Waals surface area contributed by atoms with E-state index in [-0.39, 0.29) is 23.9 Å². The lowest BCUT2D eigenvalue weighted by molar-refractivity contribution is -0.121. The molecule has 0 saturated heterocycles. The van der Waals surface area contributed by atoms with Crippen LogP contribution in [0.2, 0.25) is 0 Å². The Bertz CT molecular complexity index is 1080.